The number of benzene rings is 1. The molecule has 0 saturated heterocycles. The molecule has 0 aliphatic carbocycles. The van der Waals surface area contributed by atoms with Gasteiger partial charge in [-0.25, -0.2) is 9.78 Å². The first kappa shape index (κ1) is 19.9. The highest BCUT2D eigenvalue weighted by Gasteiger charge is 2.22. The molecular formula is C19H24N2O4S. The molecule has 0 radical (unpaired) electrons. The molecule has 1 heterocycles. The normalized spacial score (nSPS) is 12.3. The fourth-order valence-electron chi connectivity index (χ4n) is 2.31. The molecule has 0 aliphatic rings. The number of carbonyl (C=O) groups excluding carboxylic acids is 2. The van der Waals surface area contributed by atoms with E-state index in [0.717, 1.165) is 16.3 Å². The van der Waals surface area contributed by atoms with Crippen LogP contribution in [0.25, 0.3) is 0 Å². The van der Waals surface area contributed by atoms with Gasteiger partial charge in [-0.05, 0) is 51.8 Å². The van der Waals surface area contributed by atoms with Gasteiger partial charge in [0.2, 0.25) is 0 Å². The molecule has 26 heavy (non-hydrogen) atoms. The summed E-state index contributed by atoms with van der Waals surface area (Å²) in [6, 6.07) is 6.87. The van der Waals surface area contributed by atoms with E-state index in [1.165, 1.54) is 18.3 Å². The summed E-state index contributed by atoms with van der Waals surface area (Å²) < 4.78 is 10.4. The van der Waals surface area contributed by atoms with Gasteiger partial charge in [0.25, 0.3) is 0 Å². The maximum absolute atomic E-state index is 12.2. The van der Waals surface area contributed by atoms with Crippen molar-refractivity contribution in [1.29, 1.82) is 0 Å². The van der Waals surface area contributed by atoms with Crippen molar-refractivity contribution in [3.05, 3.63) is 45.9 Å². The minimum Gasteiger partial charge on any atom is -0.444 e. The number of ether oxygens (including phenoxy) is 2. The van der Waals surface area contributed by atoms with Crippen LogP contribution in [0.3, 0.4) is 0 Å². The van der Waals surface area contributed by atoms with E-state index in [1.807, 2.05) is 45.2 Å². The lowest BCUT2D eigenvalue weighted by Gasteiger charge is -2.23. The smallest absolute Gasteiger partial charge is 0.408 e. The van der Waals surface area contributed by atoms with Crippen LogP contribution in [0.4, 0.5) is 4.79 Å². The highest BCUT2D eigenvalue weighted by Crippen LogP contribution is 2.23. The summed E-state index contributed by atoms with van der Waals surface area (Å²) in [4.78, 5) is 27.7. The lowest BCUT2D eigenvalue weighted by molar-refractivity contribution is -0.131. The number of amides is 1. The minimum absolute atomic E-state index is 0.311. The first-order valence-corrected chi connectivity index (χ1v) is 9.19. The molecule has 1 unspecified atom stereocenters. The number of carbonyl (C=O) groups is 2. The predicted molar refractivity (Wildman–Crippen MR) is 100 cm³/mol. The Morgan fingerprint density at radius 3 is 2.38 bits per heavy atom. The van der Waals surface area contributed by atoms with Crippen LogP contribution in [0.15, 0.2) is 29.6 Å². The Bertz CT molecular complexity index is 763. The molecule has 0 saturated carbocycles. The molecule has 1 atom stereocenters. The Morgan fingerprint density at radius 2 is 1.88 bits per heavy atom. The van der Waals surface area contributed by atoms with Gasteiger partial charge < -0.3 is 14.8 Å². The van der Waals surface area contributed by atoms with Gasteiger partial charge in [0, 0.05) is 12.3 Å². The Hall–Kier alpha value is -2.41. The molecule has 2 rings (SSSR count). The largest absolute Gasteiger partial charge is 0.444 e. The molecule has 0 fully saturated rings. The van der Waals surface area contributed by atoms with Crippen LogP contribution in [0.2, 0.25) is 0 Å². The van der Waals surface area contributed by atoms with E-state index in [2.05, 4.69) is 10.3 Å². The van der Waals surface area contributed by atoms with Crippen LogP contribution in [0.1, 0.15) is 50.0 Å². The van der Waals surface area contributed by atoms with Gasteiger partial charge in [0.15, 0.2) is 0 Å². The van der Waals surface area contributed by atoms with E-state index in [-0.39, 0.29) is 12.0 Å². The van der Waals surface area contributed by atoms with Crippen molar-refractivity contribution in [2.45, 2.75) is 52.7 Å². The molecule has 7 heteroatoms. The van der Waals surface area contributed by atoms with Crippen molar-refractivity contribution >= 4 is 23.4 Å². The number of aryl methyl sites for hydroxylation is 1. The van der Waals surface area contributed by atoms with Crippen molar-refractivity contribution in [3.63, 3.8) is 0 Å². The monoisotopic (exact) mass is 376 g/mol. The number of hydrogen-bond acceptors (Lipinski definition) is 6. The number of rotatable bonds is 5. The Kier molecular flexibility index (Phi) is 6.37. The molecule has 2 aromatic rings. The number of esters is 1. The second-order valence-electron chi connectivity index (χ2n) is 6.93. The van der Waals surface area contributed by atoms with Gasteiger partial charge in [0.1, 0.15) is 11.4 Å². The van der Waals surface area contributed by atoms with Crippen LogP contribution >= 0.6 is 11.3 Å². The summed E-state index contributed by atoms with van der Waals surface area (Å²) in [6.45, 7) is 8.75. The highest BCUT2D eigenvalue weighted by atomic mass is 32.1. The summed E-state index contributed by atoms with van der Waals surface area (Å²) in [5.74, 6) is 0.127. The summed E-state index contributed by atoms with van der Waals surface area (Å²) >= 11 is 1.53. The summed E-state index contributed by atoms with van der Waals surface area (Å²) in [7, 11) is 0. The van der Waals surface area contributed by atoms with E-state index in [9.17, 15) is 9.59 Å². The van der Waals surface area contributed by atoms with Crippen molar-refractivity contribution in [3.8, 4) is 5.75 Å². The number of alkyl carbamates (subject to hydrolysis) is 1. The molecule has 0 bridgehead atoms. The molecule has 1 aromatic heterocycles. The van der Waals surface area contributed by atoms with Gasteiger partial charge >= 0.3 is 12.1 Å². The third-order valence-corrected chi connectivity index (χ3v) is 4.10. The molecule has 0 spiro atoms. The van der Waals surface area contributed by atoms with Gasteiger partial charge in [0.05, 0.1) is 16.7 Å². The number of nitrogens with one attached hydrogen (secondary N) is 1. The van der Waals surface area contributed by atoms with Crippen LogP contribution in [0.5, 0.6) is 5.75 Å². The van der Waals surface area contributed by atoms with Gasteiger partial charge in [-0.2, -0.15) is 0 Å². The Morgan fingerprint density at radius 1 is 1.23 bits per heavy atom. The van der Waals surface area contributed by atoms with Crippen LogP contribution in [-0.2, 0) is 16.0 Å². The number of nitrogens with zero attached hydrogens (tertiary/aromatic N) is 1. The van der Waals surface area contributed by atoms with E-state index in [4.69, 9.17) is 9.47 Å². The SMILES string of the molecule is CC(=O)Oc1ccc(CC(NC(=O)OC(C)(C)C)c2csc(C)n2)cc1. The average Bonchev–Trinajstić information content (AvgIpc) is 2.92. The number of aromatic nitrogens is 1. The van der Waals surface area contributed by atoms with Crippen LogP contribution < -0.4 is 10.1 Å². The van der Waals surface area contributed by atoms with Crippen molar-refractivity contribution in [2.75, 3.05) is 0 Å². The summed E-state index contributed by atoms with van der Waals surface area (Å²) in [6.07, 6.45) is 0.0626. The summed E-state index contributed by atoms with van der Waals surface area (Å²) in [5.41, 5.74) is 1.20. The molecule has 140 valence electrons. The minimum atomic E-state index is -0.571. The van der Waals surface area contributed by atoms with Crippen molar-refractivity contribution in [1.82, 2.24) is 10.3 Å². The molecule has 1 aromatic carbocycles. The lowest BCUT2D eigenvalue weighted by Crippen LogP contribution is -2.36. The molecule has 1 N–H and O–H groups in total. The maximum Gasteiger partial charge on any atom is 0.408 e. The molecule has 6 nitrogen and oxygen atoms in total. The van der Waals surface area contributed by atoms with Crippen LogP contribution in [0, 0.1) is 6.92 Å². The highest BCUT2D eigenvalue weighted by molar-refractivity contribution is 7.09. The average molecular weight is 376 g/mol. The fraction of sp³-hybridized carbons (Fsp3) is 0.421. The van der Waals surface area contributed by atoms with Gasteiger partial charge in [-0.1, -0.05) is 12.1 Å². The first-order chi connectivity index (χ1) is 12.1. The standard InChI is InChI=1S/C19H24N2O4S/c1-12-20-17(11-26-12)16(21-18(23)25-19(3,4)5)10-14-6-8-15(9-7-14)24-13(2)22/h6-9,11,16H,10H2,1-5H3,(H,21,23). The summed E-state index contributed by atoms with van der Waals surface area (Å²) in [5, 5.41) is 5.76. The van der Waals surface area contributed by atoms with Crippen molar-refractivity contribution < 1.29 is 19.1 Å². The van der Waals surface area contributed by atoms with Crippen LogP contribution in [-0.4, -0.2) is 22.6 Å². The zero-order chi connectivity index (χ0) is 19.3. The zero-order valence-corrected chi connectivity index (χ0v) is 16.5. The third-order valence-electron chi connectivity index (χ3n) is 3.31. The maximum atomic E-state index is 12.2. The van der Waals surface area contributed by atoms with E-state index in [1.54, 1.807) is 12.1 Å². The van der Waals surface area contributed by atoms with Gasteiger partial charge in [-0.3, -0.25) is 4.79 Å². The van der Waals surface area contributed by atoms with E-state index >= 15 is 0 Å². The molecule has 0 aliphatic heterocycles. The van der Waals surface area contributed by atoms with Gasteiger partial charge in [-0.15, -0.1) is 11.3 Å². The zero-order valence-electron chi connectivity index (χ0n) is 15.7. The molecular weight excluding hydrogens is 352 g/mol. The van der Waals surface area contributed by atoms with E-state index in [0.29, 0.717) is 12.2 Å². The first-order valence-electron chi connectivity index (χ1n) is 8.31. The number of thiazole rings is 1. The second kappa shape index (κ2) is 8.31. The third kappa shape index (κ3) is 6.48. The topological polar surface area (TPSA) is 77.5 Å². The number of hydrogen-bond donors (Lipinski definition) is 1. The lowest BCUT2D eigenvalue weighted by atomic mass is 10.0. The van der Waals surface area contributed by atoms with E-state index < -0.39 is 11.7 Å². The Balaban J connectivity index is 2.13. The second-order valence-corrected chi connectivity index (χ2v) is 7.99. The quantitative estimate of drug-likeness (QED) is 0.625. The fourth-order valence-corrected chi connectivity index (χ4v) is 2.98. The predicted octanol–water partition coefficient (Wildman–Crippen LogP) is 4.19. The Labute approximate surface area is 157 Å². The van der Waals surface area contributed by atoms with Crippen molar-refractivity contribution in [2.24, 2.45) is 0 Å². The molecule has 1 amide bonds.